The van der Waals surface area contributed by atoms with E-state index in [-0.39, 0.29) is 74.2 Å². The quantitative estimate of drug-likeness (QED) is 0.444. The van der Waals surface area contributed by atoms with Gasteiger partial charge in [0.2, 0.25) is 0 Å². The molecule has 1 N–H and O–H groups in total. The van der Waals surface area contributed by atoms with Gasteiger partial charge in [0.15, 0.2) is 0 Å². The zero-order chi connectivity index (χ0) is 4.00. The first-order valence-electron chi connectivity index (χ1n) is 0.524. The molecule has 0 aliphatic rings. The Morgan fingerprint density at radius 1 is 1.17 bits per heavy atom. The Morgan fingerprint density at radius 3 is 1.17 bits per heavy atom. The van der Waals surface area contributed by atoms with E-state index in [9.17, 15) is 0 Å². The van der Waals surface area contributed by atoms with Crippen molar-refractivity contribution in [3.05, 3.63) is 0 Å². The summed E-state index contributed by atoms with van der Waals surface area (Å²) in [4.78, 5) is 0. The Kier molecular flexibility index (Phi) is 203. The van der Waals surface area contributed by atoms with Gasteiger partial charge < -0.3 is 5.48 Å². The van der Waals surface area contributed by atoms with E-state index in [0.29, 0.717) is 16.2 Å². The van der Waals surface area contributed by atoms with Gasteiger partial charge in [-0.25, -0.2) is 0 Å². The standard InChI is InChI=1S/Al.Ca.H2O.2O.Y.2H/h;;1H2;;;;;/q;+1;;;;;;/p-1. The van der Waals surface area contributed by atoms with Crippen molar-refractivity contribution in [2.45, 2.75) is 0 Å². The third-order valence-corrected chi connectivity index (χ3v) is 0. The molecule has 0 saturated carbocycles. The summed E-state index contributed by atoms with van der Waals surface area (Å²) in [6.07, 6.45) is 0. The maximum absolute atomic E-state index is 8.38. The SMILES string of the molecule is [CaH+].[OH-].[O]=[AlH].[O]=[Y]. The van der Waals surface area contributed by atoms with Gasteiger partial charge in [-0.3, -0.25) is 0 Å². The number of rotatable bonds is 0. The second-order valence-corrected chi connectivity index (χ2v) is 0. The molecular weight excluding hydrogens is 204 g/mol. The normalized spacial score (nSPS) is 1.50. The van der Waals surface area contributed by atoms with Crippen molar-refractivity contribution in [3.8, 4) is 0 Å². The monoisotopic (exact) mass is 207 g/mol. The van der Waals surface area contributed by atoms with Crippen molar-refractivity contribution < 1.29 is 42.3 Å². The Morgan fingerprint density at radius 2 is 1.17 bits per heavy atom. The maximum atomic E-state index is 8.38. The minimum absolute atomic E-state index is 0. The molecular formula is H3AlCaO3Y. The third-order valence-electron chi connectivity index (χ3n) is 0. The van der Waals surface area contributed by atoms with Crippen LogP contribution in [-0.2, 0) is 36.9 Å². The van der Waals surface area contributed by atoms with E-state index in [1.165, 1.54) is 0 Å². The van der Waals surface area contributed by atoms with Gasteiger partial charge in [0.25, 0.3) is 0 Å². The summed E-state index contributed by atoms with van der Waals surface area (Å²) in [6.45, 7) is 0. The molecule has 0 unspecified atom stereocenters. The molecule has 29 valence electrons. The zero-order valence-electron chi connectivity index (χ0n) is 3.55. The molecule has 0 aromatic rings. The van der Waals surface area contributed by atoms with Crippen LogP contribution in [0.25, 0.3) is 0 Å². The van der Waals surface area contributed by atoms with Gasteiger partial charge in [0.1, 0.15) is 0 Å². The van der Waals surface area contributed by atoms with Crippen LogP contribution in [0.4, 0.5) is 0 Å². The summed E-state index contributed by atoms with van der Waals surface area (Å²) in [6, 6.07) is 0. The van der Waals surface area contributed by atoms with Gasteiger partial charge in [-0.1, -0.05) is 0 Å². The van der Waals surface area contributed by atoms with E-state index in [2.05, 4.69) is 0 Å². The minimum atomic E-state index is 0. The molecule has 0 aromatic carbocycles. The summed E-state index contributed by atoms with van der Waals surface area (Å²) >= 11 is 0.711. The molecule has 0 bridgehead atoms. The fourth-order valence-electron chi connectivity index (χ4n) is 0. The predicted octanol–water partition coefficient (Wildman–Crippen LogP) is -1.71. The van der Waals surface area contributed by atoms with Crippen molar-refractivity contribution in [2.75, 3.05) is 0 Å². The van der Waals surface area contributed by atoms with Gasteiger partial charge in [-0.2, -0.15) is 0 Å². The second-order valence-electron chi connectivity index (χ2n) is 0. The third kappa shape index (κ3) is 31.9. The first-order valence-corrected chi connectivity index (χ1v) is 2.26. The van der Waals surface area contributed by atoms with Gasteiger partial charge >= 0.3 is 90.8 Å². The van der Waals surface area contributed by atoms with Crippen molar-refractivity contribution >= 4 is 54.0 Å². The van der Waals surface area contributed by atoms with Gasteiger partial charge in [0.05, 0.1) is 0 Å². The Balaban J connectivity index is -0.00000000500. The molecule has 0 rings (SSSR count). The van der Waals surface area contributed by atoms with Crippen LogP contribution < -0.4 is 0 Å². The predicted molar refractivity (Wildman–Crippen MR) is 17.6 cm³/mol. The van der Waals surface area contributed by atoms with Crippen LogP contribution in [0.5, 0.6) is 0 Å². The molecule has 0 heterocycles. The average molecular weight is 207 g/mol. The zero-order valence-corrected chi connectivity index (χ0v) is 10.9. The van der Waals surface area contributed by atoms with Crippen LogP contribution in [0, 0.1) is 0 Å². The Labute approximate surface area is 94.2 Å². The molecule has 0 aliphatic carbocycles. The molecule has 0 saturated heterocycles. The summed E-state index contributed by atoms with van der Waals surface area (Å²) in [5.41, 5.74) is 0. The van der Waals surface area contributed by atoms with Crippen LogP contribution in [0.15, 0.2) is 0 Å². The van der Waals surface area contributed by atoms with Gasteiger partial charge in [0, 0.05) is 0 Å². The summed E-state index contributed by atoms with van der Waals surface area (Å²) in [5, 5.41) is 0. The van der Waals surface area contributed by atoms with Crippen LogP contribution in [0.1, 0.15) is 0 Å². The topological polar surface area (TPSA) is 64.1 Å². The molecule has 0 atom stereocenters. The number of hydrogen-bond donors (Lipinski definition) is 0. The van der Waals surface area contributed by atoms with Gasteiger partial charge in [-0.15, -0.1) is 0 Å². The molecule has 0 amide bonds. The van der Waals surface area contributed by atoms with E-state index < -0.39 is 0 Å². The van der Waals surface area contributed by atoms with Crippen molar-refractivity contribution in [1.29, 1.82) is 0 Å². The van der Waals surface area contributed by atoms with Crippen LogP contribution >= 0.6 is 0 Å². The van der Waals surface area contributed by atoms with Crippen molar-refractivity contribution in [2.24, 2.45) is 0 Å². The molecule has 0 spiro atoms. The molecule has 0 aromatic heterocycles. The summed E-state index contributed by atoms with van der Waals surface area (Å²) in [5.74, 6) is 0. The molecule has 0 radical (unpaired) electrons. The Bertz CT molecular complexity index is 12.8. The summed E-state index contributed by atoms with van der Waals surface area (Å²) in [7, 11) is 0. The fourth-order valence-corrected chi connectivity index (χ4v) is 0. The van der Waals surface area contributed by atoms with E-state index in [0.717, 1.165) is 0 Å². The van der Waals surface area contributed by atoms with E-state index in [1.807, 2.05) is 0 Å². The molecule has 0 fully saturated rings. The second kappa shape index (κ2) is 51.5. The van der Waals surface area contributed by atoms with E-state index in [1.54, 1.807) is 0 Å². The van der Waals surface area contributed by atoms with Crippen molar-refractivity contribution in [3.63, 3.8) is 0 Å². The first kappa shape index (κ1) is 23.7. The van der Waals surface area contributed by atoms with Crippen LogP contribution in [0.3, 0.4) is 0 Å². The van der Waals surface area contributed by atoms with Crippen LogP contribution in [-0.4, -0.2) is 59.4 Å². The van der Waals surface area contributed by atoms with E-state index >= 15 is 0 Å². The molecule has 3 nitrogen and oxygen atoms in total. The van der Waals surface area contributed by atoms with Crippen molar-refractivity contribution in [1.82, 2.24) is 0 Å². The van der Waals surface area contributed by atoms with Crippen LogP contribution in [0.2, 0.25) is 0 Å². The van der Waals surface area contributed by atoms with Gasteiger partial charge in [-0.05, 0) is 0 Å². The fraction of sp³-hybridized carbons (Fsp3) is 0. The average Bonchev–Trinajstić information content (AvgIpc) is 1.50. The molecule has 0 aliphatic heterocycles. The molecule has 6 heavy (non-hydrogen) atoms. The molecule has 6 heteroatoms. The summed E-state index contributed by atoms with van der Waals surface area (Å²) < 4.78 is 16.7. The Hall–Kier alpha value is 2.46. The first-order chi connectivity index (χ1) is 2.00. The van der Waals surface area contributed by atoms with E-state index in [4.69, 9.17) is 5.85 Å². The number of hydrogen-bond acceptors (Lipinski definition) is 3.